The lowest BCUT2D eigenvalue weighted by molar-refractivity contribution is 0.185. The number of ether oxygens (including phenoxy) is 1. The van der Waals surface area contributed by atoms with Crippen molar-refractivity contribution in [2.45, 2.75) is 13.2 Å². The Bertz CT molecular complexity index is 737. The third-order valence-corrected chi connectivity index (χ3v) is 3.10. The molecule has 0 bridgehead atoms. The zero-order valence-corrected chi connectivity index (χ0v) is 11.6. The number of imidazole rings is 1. The first-order valence-corrected chi connectivity index (χ1v) is 6.53. The Morgan fingerprint density at radius 3 is 2.71 bits per heavy atom. The van der Waals surface area contributed by atoms with Crippen molar-refractivity contribution in [1.29, 1.82) is 0 Å². The molecule has 7 heteroatoms. The van der Waals surface area contributed by atoms with Gasteiger partial charge in [-0.15, -0.1) is 0 Å². The summed E-state index contributed by atoms with van der Waals surface area (Å²) in [7, 11) is 1.69. The van der Waals surface area contributed by atoms with Crippen molar-refractivity contribution in [1.82, 2.24) is 19.9 Å². The Hall–Kier alpha value is -2.67. The van der Waals surface area contributed by atoms with Crippen LogP contribution in [0.4, 0.5) is 11.8 Å². The van der Waals surface area contributed by atoms with Crippen molar-refractivity contribution < 1.29 is 4.74 Å². The molecule has 21 heavy (non-hydrogen) atoms. The highest BCUT2D eigenvalue weighted by Gasteiger charge is 2.07. The maximum absolute atomic E-state index is 5.68. The van der Waals surface area contributed by atoms with Gasteiger partial charge in [0.1, 0.15) is 5.52 Å². The number of rotatable bonds is 5. The van der Waals surface area contributed by atoms with Crippen LogP contribution in [0, 0.1) is 0 Å². The minimum absolute atomic E-state index is 0.201. The molecule has 0 radical (unpaired) electrons. The molecule has 0 atom stereocenters. The molecule has 2 aromatic heterocycles. The van der Waals surface area contributed by atoms with Crippen LogP contribution in [0.15, 0.2) is 30.6 Å². The second kappa shape index (κ2) is 5.76. The number of methoxy groups -OCH3 is 1. The number of aromatic amines is 1. The molecule has 0 aliphatic heterocycles. The number of hydrogen-bond acceptors (Lipinski definition) is 6. The number of H-pyrrole nitrogens is 1. The summed E-state index contributed by atoms with van der Waals surface area (Å²) >= 11 is 0. The Kier molecular flexibility index (Phi) is 3.65. The van der Waals surface area contributed by atoms with Gasteiger partial charge in [0.05, 0.1) is 12.9 Å². The zero-order valence-electron chi connectivity index (χ0n) is 11.6. The summed E-state index contributed by atoms with van der Waals surface area (Å²) in [5.41, 5.74) is 9.26. The Morgan fingerprint density at radius 2 is 1.95 bits per heavy atom. The SMILES string of the molecule is COCc1ccc(CNc2nc(N)nc3nc[nH]c23)cc1. The van der Waals surface area contributed by atoms with Crippen LogP contribution in [0.25, 0.3) is 11.2 Å². The highest BCUT2D eigenvalue weighted by atomic mass is 16.5. The Morgan fingerprint density at radius 1 is 1.19 bits per heavy atom. The normalized spacial score (nSPS) is 10.9. The minimum Gasteiger partial charge on any atom is -0.380 e. The molecule has 0 fully saturated rings. The van der Waals surface area contributed by atoms with Crippen LogP contribution >= 0.6 is 0 Å². The van der Waals surface area contributed by atoms with E-state index in [-0.39, 0.29) is 5.95 Å². The number of nitrogens with zero attached hydrogens (tertiary/aromatic N) is 3. The molecule has 3 aromatic rings. The summed E-state index contributed by atoms with van der Waals surface area (Å²) in [4.78, 5) is 15.3. The Balaban J connectivity index is 1.75. The number of aromatic nitrogens is 4. The van der Waals surface area contributed by atoms with E-state index in [9.17, 15) is 0 Å². The molecule has 0 saturated heterocycles. The predicted octanol–water partition coefficient (Wildman–Crippen LogP) is 1.69. The molecule has 0 aliphatic rings. The van der Waals surface area contributed by atoms with E-state index < -0.39 is 0 Å². The molecule has 4 N–H and O–H groups in total. The molecule has 0 amide bonds. The second-order valence-corrected chi connectivity index (χ2v) is 4.63. The smallest absolute Gasteiger partial charge is 0.224 e. The van der Waals surface area contributed by atoms with Gasteiger partial charge in [0.25, 0.3) is 0 Å². The van der Waals surface area contributed by atoms with E-state index in [2.05, 4.69) is 37.4 Å². The van der Waals surface area contributed by atoms with Crippen LogP contribution in [-0.2, 0) is 17.9 Å². The number of hydrogen-bond donors (Lipinski definition) is 3. The van der Waals surface area contributed by atoms with Gasteiger partial charge in [0.2, 0.25) is 5.95 Å². The van der Waals surface area contributed by atoms with Crippen molar-refractivity contribution >= 4 is 22.9 Å². The summed E-state index contributed by atoms with van der Waals surface area (Å²) in [5.74, 6) is 0.850. The Labute approximate surface area is 121 Å². The maximum atomic E-state index is 5.68. The van der Waals surface area contributed by atoms with Crippen LogP contribution in [0.3, 0.4) is 0 Å². The maximum Gasteiger partial charge on any atom is 0.224 e. The van der Waals surface area contributed by atoms with Crippen LogP contribution in [-0.4, -0.2) is 27.0 Å². The molecular formula is C14H16N6O. The standard InChI is InChI=1S/C14H16N6O/c1-21-7-10-4-2-9(3-5-10)6-16-12-11-13(18-8-17-11)20-14(15)19-12/h2-5,8H,6-7H2,1H3,(H4,15,16,17,18,19,20). The van der Waals surface area contributed by atoms with Gasteiger partial charge < -0.3 is 20.8 Å². The first-order chi connectivity index (χ1) is 10.3. The molecule has 108 valence electrons. The van der Waals surface area contributed by atoms with Gasteiger partial charge in [-0.05, 0) is 11.1 Å². The van der Waals surface area contributed by atoms with E-state index >= 15 is 0 Å². The van der Waals surface area contributed by atoms with Gasteiger partial charge in [-0.25, -0.2) is 4.98 Å². The lowest BCUT2D eigenvalue weighted by atomic mass is 10.1. The summed E-state index contributed by atoms with van der Waals surface area (Å²) in [6.45, 7) is 1.25. The zero-order chi connectivity index (χ0) is 14.7. The van der Waals surface area contributed by atoms with Gasteiger partial charge in [-0.3, -0.25) is 0 Å². The van der Waals surface area contributed by atoms with E-state index in [4.69, 9.17) is 10.5 Å². The largest absolute Gasteiger partial charge is 0.380 e. The molecular weight excluding hydrogens is 268 g/mol. The minimum atomic E-state index is 0.201. The van der Waals surface area contributed by atoms with Crippen molar-refractivity contribution in [3.05, 3.63) is 41.7 Å². The van der Waals surface area contributed by atoms with Gasteiger partial charge in [-0.2, -0.15) is 9.97 Å². The monoisotopic (exact) mass is 284 g/mol. The summed E-state index contributed by atoms with van der Waals surface area (Å²) in [6.07, 6.45) is 1.57. The predicted molar refractivity (Wildman–Crippen MR) is 80.6 cm³/mol. The van der Waals surface area contributed by atoms with Crippen LogP contribution in [0.2, 0.25) is 0 Å². The summed E-state index contributed by atoms with van der Waals surface area (Å²) in [6, 6.07) is 8.19. The summed E-state index contributed by atoms with van der Waals surface area (Å²) < 4.78 is 5.09. The van der Waals surface area contributed by atoms with Gasteiger partial charge in [0, 0.05) is 13.7 Å². The lowest BCUT2D eigenvalue weighted by Crippen LogP contribution is -2.05. The van der Waals surface area contributed by atoms with Gasteiger partial charge >= 0.3 is 0 Å². The lowest BCUT2D eigenvalue weighted by Gasteiger charge is -2.08. The molecule has 0 aliphatic carbocycles. The highest BCUT2D eigenvalue weighted by Crippen LogP contribution is 2.18. The molecule has 2 heterocycles. The van der Waals surface area contributed by atoms with Crippen molar-refractivity contribution in [2.75, 3.05) is 18.2 Å². The number of nitrogens with two attached hydrogens (primary N) is 1. The molecule has 0 spiro atoms. The van der Waals surface area contributed by atoms with Crippen molar-refractivity contribution in [3.8, 4) is 0 Å². The van der Waals surface area contributed by atoms with Crippen LogP contribution < -0.4 is 11.1 Å². The molecule has 0 saturated carbocycles. The number of anilines is 2. The summed E-state index contributed by atoms with van der Waals surface area (Å²) in [5, 5.41) is 3.25. The van der Waals surface area contributed by atoms with E-state index in [1.807, 2.05) is 12.1 Å². The third-order valence-electron chi connectivity index (χ3n) is 3.10. The fraction of sp³-hybridized carbons (Fsp3) is 0.214. The highest BCUT2D eigenvalue weighted by molar-refractivity contribution is 5.83. The third kappa shape index (κ3) is 2.92. The number of nitrogens with one attached hydrogen (secondary N) is 2. The molecule has 3 rings (SSSR count). The van der Waals surface area contributed by atoms with Gasteiger partial charge in [-0.1, -0.05) is 24.3 Å². The number of benzene rings is 1. The van der Waals surface area contributed by atoms with E-state index in [0.717, 1.165) is 16.6 Å². The van der Waals surface area contributed by atoms with Crippen molar-refractivity contribution in [2.24, 2.45) is 0 Å². The molecule has 0 unspecified atom stereocenters. The fourth-order valence-electron chi connectivity index (χ4n) is 2.08. The van der Waals surface area contributed by atoms with E-state index in [0.29, 0.717) is 24.6 Å². The second-order valence-electron chi connectivity index (χ2n) is 4.63. The first kappa shape index (κ1) is 13.3. The topological polar surface area (TPSA) is 102 Å². The van der Waals surface area contributed by atoms with E-state index in [1.54, 1.807) is 13.4 Å². The van der Waals surface area contributed by atoms with Crippen molar-refractivity contribution in [3.63, 3.8) is 0 Å². The molecule has 1 aromatic carbocycles. The average molecular weight is 284 g/mol. The quantitative estimate of drug-likeness (QED) is 0.659. The number of nitrogen functional groups attached to an aromatic ring is 1. The molecule has 7 nitrogen and oxygen atoms in total. The van der Waals surface area contributed by atoms with Gasteiger partial charge in [0.15, 0.2) is 11.5 Å². The first-order valence-electron chi connectivity index (χ1n) is 6.53. The van der Waals surface area contributed by atoms with Crippen LogP contribution in [0.1, 0.15) is 11.1 Å². The fourth-order valence-corrected chi connectivity index (χ4v) is 2.08. The average Bonchev–Trinajstić information content (AvgIpc) is 2.94. The van der Waals surface area contributed by atoms with Crippen LogP contribution in [0.5, 0.6) is 0 Å². The van der Waals surface area contributed by atoms with E-state index in [1.165, 1.54) is 0 Å². The number of fused-ring (bicyclic) bond motifs is 1.